The third-order valence-corrected chi connectivity index (χ3v) is 4.32. The van der Waals surface area contributed by atoms with Crippen LogP contribution in [-0.4, -0.2) is 24.3 Å². The topological polar surface area (TPSA) is 32.3 Å². The number of aliphatic hydroxyl groups excluding tert-OH is 1. The Balaban J connectivity index is 1.60. The minimum absolute atomic E-state index is 0.104. The van der Waals surface area contributed by atoms with Gasteiger partial charge in [-0.15, -0.1) is 0 Å². The first-order valence-electron chi connectivity index (χ1n) is 6.80. The van der Waals surface area contributed by atoms with Gasteiger partial charge in [0.05, 0.1) is 6.10 Å². The maximum Gasteiger partial charge on any atom is 0.0614 e. The summed E-state index contributed by atoms with van der Waals surface area (Å²) in [6.07, 6.45) is 3.46. The van der Waals surface area contributed by atoms with Crippen LogP contribution in [0, 0.1) is 11.8 Å². The summed E-state index contributed by atoms with van der Waals surface area (Å²) in [5.41, 5.74) is 1.40. The Morgan fingerprint density at radius 3 is 2.76 bits per heavy atom. The van der Waals surface area contributed by atoms with Gasteiger partial charge < -0.3 is 10.4 Å². The number of rotatable bonds is 3. The van der Waals surface area contributed by atoms with E-state index in [1.807, 2.05) is 0 Å². The molecule has 1 saturated heterocycles. The van der Waals surface area contributed by atoms with Gasteiger partial charge >= 0.3 is 0 Å². The zero-order chi connectivity index (χ0) is 11.7. The van der Waals surface area contributed by atoms with Crippen molar-refractivity contribution in [1.29, 1.82) is 0 Å². The number of nitrogens with one attached hydrogen (secondary N) is 1. The van der Waals surface area contributed by atoms with Crippen molar-refractivity contribution < 1.29 is 5.11 Å². The van der Waals surface area contributed by atoms with Crippen molar-refractivity contribution in [2.24, 2.45) is 11.8 Å². The molecule has 2 N–H and O–H groups in total. The van der Waals surface area contributed by atoms with Crippen LogP contribution in [0.5, 0.6) is 0 Å². The summed E-state index contributed by atoms with van der Waals surface area (Å²) in [5, 5.41) is 13.8. The highest BCUT2D eigenvalue weighted by atomic mass is 16.3. The summed E-state index contributed by atoms with van der Waals surface area (Å²) in [5.74, 6) is 1.58. The number of aliphatic hydroxyl groups is 1. The highest BCUT2D eigenvalue weighted by Gasteiger charge is 2.45. The van der Waals surface area contributed by atoms with Crippen molar-refractivity contribution in [3.05, 3.63) is 35.9 Å². The van der Waals surface area contributed by atoms with Crippen LogP contribution in [-0.2, 0) is 0 Å². The zero-order valence-corrected chi connectivity index (χ0v) is 10.2. The molecule has 4 unspecified atom stereocenters. The first-order chi connectivity index (χ1) is 8.36. The Bertz CT molecular complexity index is 358. The second kappa shape index (κ2) is 4.79. The van der Waals surface area contributed by atoms with E-state index in [9.17, 15) is 5.11 Å². The van der Waals surface area contributed by atoms with Crippen LogP contribution in [0.2, 0.25) is 0 Å². The summed E-state index contributed by atoms with van der Waals surface area (Å²) < 4.78 is 0. The highest BCUT2D eigenvalue weighted by molar-refractivity contribution is 5.26. The summed E-state index contributed by atoms with van der Waals surface area (Å²) in [6, 6.07) is 10.6. The van der Waals surface area contributed by atoms with Crippen molar-refractivity contribution >= 4 is 0 Å². The van der Waals surface area contributed by atoms with E-state index in [4.69, 9.17) is 0 Å². The average molecular weight is 231 g/mol. The predicted octanol–water partition coefficient (Wildman–Crippen LogP) is 2.15. The molecule has 2 heteroatoms. The lowest BCUT2D eigenvalue weighted by atomic mass is 9.90. The Morgan fingerprint density at radius 1 is 1.24 bits per heavy atom. The van der Waals surface area contributed by atoms with Gasteiger partial charge in [-0.2, -0.15) is 0 Å². The fraction of sp³-hybridized carbons (Fsp3) is 0.600. The maximum absolute atomic E-state index is 10.4. The molecule has 1 aromatic carbocycles. The van der Waals surface area contributed by atoms with E-state index in [-0.39, 0.29) is 6.10 Å². The number of hydrogen-bond donors (Lipinski definition) is 2. The van der Waals surface area contributed by atoms with Gasteiger partial charge in [0.1, 0.15) is 0 Å². The molecule has 0 amide bonds. The summed E-state index contributed by atoms with van der Waals surface area (Å²) in [7, 11) is 0. The van der Waals surface area contributed by atoms with Crippen LogP contribution in [0.4, 0.5) is 0 Å². The molecule has 0 bridgehead atoms. The lowest BCUT2D eigenvalue weighted by Crippen LogP contribution is -2.37. The van der Waals surface area contributed by atoms with E-state index in [0.717, 1.165) is 13.1 Å². The molecule has 1 aliphatic heterocycles. The number of benzene rings is 1. The van der Waals surface area contributed by atoms with Gasteiger partial charge in [0.15, 0.2) is 0 Å². The van der Waals surface area contributed by atoms with Gasteiger partial charge in [0, 0.05) is 6.54 Å². The molecule has 3 rings (SSSR count). The van der Waals surface area contributed by atoms with Crippen molar-refractivity contribution in [1.82, 2.24) is 5.32 Å². The Kier molecular flexibility index (Phi) is 3.17. The van der Waals surface area contributed by atoms with Gasteiger partial charge in [0.2, 0.25) is 0 Å². The largest absolute Gasteiger partial charge is 0.392 e. The molecule has 2 fully saturated rings. The Hall–Kier alpha value is -0.860. The van der Waals surface area contributed by atoms with Crippen LogP contribution in [0.3, 0.4) is 0 Å². The fourth-order valence-electron chi connectivity index (χ4n) is 3.20. The summed E-state index contributed by atoms with van der Waals surface area (Å²) >= 11 is 0. The smallest absolute Gasteiger partial charge is 0.0614 e. The number of piperidine rings is 1. The number of hydrogen-bond acceptors (Lipinski definition) is 2. The molecule has 1 heterocycles. The molecule has 17 heavy (non-hydrogen) atoms. The van der Waals surface area contributed by atoms with E-state index in [1.165, 1.54) is 24.8 Å². The van der Waals surface area contributed by atoms with Crippen molar-refractivity contribution in [2.75, 3.05) is 13.1 Å². The van der Waals surface area contributed by atoms with Gasteiger partial charge in [-0.1, -0.05) is 30.3 Å². The molecule has 1 aromatic rings. The molecule has 1 aliphatic carbocycles. The van der Waals surface area contributed by atoms with Gasteiger partial charge in [-0.3, -0.25) is 0 Å². The van der Waals surface area contributed by atoms with Crippen LogP contribution in [0.15, 0.2) is 30.3 Å². The molecule has 2 nitrogen and oxygen atoms in total. The monoisotopic (exact) mass is 231 g/mol. The molecule has 4 atom stereocenters. The lowest BCUT2D eigenvalue weighted by molar-refractivity contribution is 0.0708. The van der Waals surface area contributed by atoms with Crippen molar-refractivity contribution in [2.45, 2.75) is 31.3 Å². The first-order valence-corrected chi connectivity index (χ1v) is 6.80. The Labute approximate surface area is 103 Å². The zero-order valence-electron chi connectivity index (χ0n) is 10.2. The quantitative estimate of drug-likeness (QED) is 0.835. The third kappa shape index (κ3) is 2.38. The van der Waals surface area contributed by atoms with Crippen LogP contribution >= 0.6 is 0 Å². The first kappa shape index (κ1) is 11.2. The van der Waals surface area contributed by atoms with E-state index in [2.05, 4.69) is 35.6 Å². The second-order valence-corrected chi connectivity index (χ2v) is 5.51. The SMILES string of the molecule is OC(C1CCCNC1)C1CC1c1ccccc1. The molecule has 92 valence electrons. The van der Waals surface area contributed by atoms with E-state index >= 15 is 0 Å². The summed E-state index contributed by atoms with van der Waals surface area (Å²) in [6.45, 7) is 2.12. The third-order valence-electron chi connectivity index (χ3n) is 4.32. The fourth-order valence-corrected chi connectivity index (χ4v) is 3.20. The molecule has 0 radical (unpaired) electrons. The lowest BCUT2D eigenvalue weighted by Gasteiger charge is -2.27. The van der Waals surface area contributed by atoms with Crippen LogP contribution < -0.4 is 5.32 Å². The molecule has 2 aliphatic rings. The van der Waals surface area contributed by atoms with Crippen LogP contribution in [0.25, 0.3) is 0 Å². The molecular weight excluding hydrogens is 210 g/mol. The average Bonchev–Trinajstić information content (AvgIpc) is 3.20. The highest BCUT2D eigenvalue weighted by Crippen LogP contribution is 2.51. The van der Waals surface area contributed by atoms with Gasteiger partial charge in [0.25, 0.3) is 0 Å². The minimum Gasteiger partial charge on any atom is -0.392 e. The predicted molar refractivity (Wildman–Crippen MR) is 68.9 cm³/mol. The second-order valence-electron chi connectivity index (χ2n) is 5.51. The van der Waals surface area contributed by atoms with Crippen molar-refractivity contribution in [3.63, 3.8) is 0 Å². The molecule has 0 spiro atoms. The van der Waals surface area contributed by atoms with E-state index in [0.29, 0.717) is 17.8 Å². The van der Waals surface area contributed by atoms with Crippen molar-refractivity contribution in [3.8, 4) is 0 Å². The summed E-state index contributed by atoms with van der Waals surface area (Å²) in [4.78, 5) is 0. The van der Waals surface area contributed by atoms with Crippen LogP contribution in [0.1, 0.15) is 30.7 Å². The minimum atomic E-state index is -0.104. The maximum atomic E-state index is 10.4. The Morgan fingerprint density at radius 2 is 2.06 bits per heavy atom. The van der Waals surface area contributed by atoms with E-state index in [1.54, 1.807) is 0 Å². The van der Waals surface area contributed by atoms with Gasteiger partial charge in [-0.25, -0.2) is 0 Å². The van der Waals surface area contributed by atoms with Gasteiger partial charge in [-0.05, 0) is 49.1 Å². The standard InChI is InChI=1S/C15H21NO/c17-15(12-7-4-8-16-10-12)14-9-13(14)11-5-2-1-3-6-11/h1-3,5-6,12-17H,4,7-10H2. The molecular formula is C15H21NO. The van der Waals surface area contributed by atoms with E-state index < -0.39 is 0 Å². The molecule has 0 aromatic heterocycles. The normalized spacial score (nSPS) is 34.3. The molecule has 1 saturated carbocycles.